The first-order valence-electron chi connectivity index (χ1n) is 9.10. The second kappa shape index (κ2) is 4.66. The molecule has 4 aliphatic rings. The lowest BCUT2D eigenvalue weighted by molar-refractivity contribution is -0.162. The molecule has 1 N–H and O–H groups in total. The quantitative estimate of drug-likeness (QED) is 0.748. The molecule has 4 rings (SSSR count). The first-order chi connectivity index (χ1) is 10.4. The van der Waals surface area contributed by atoms with E-state index in [4.69, 9.17) is 0 Å². The summed E-state index contributed by atoms with van der Waals surface area (Å²) in [4.78, 5) is 25.4. The van der Waals surface area contributed by atoms with Crippen LogP contribution in [0.25, 0.3) is 0 Å². The van der Waals surface area contributed by atoms with Gasteiger partial charge in [0.15, 0.2) is 0 Å². The summed E-state index contributed by atoms with van der Waals surface area (Å²) in [5.41, 5.74) is -0.304. The van der Waals surface area contributed by atoms with Crippen molar-refractivity contribution in [2.24, 2.45) is 34.5 Å². The van der Waals surface area contributed by atoms with E-state index in [1.54, 1.807) is 0 Å². The molecule has 0 spiro atoms. The van der Waals surface area contributed by atoms with Crippen LogP contribution in [-0.4, -0.2) is 22.8 Å². The van der Waals surface area contributed by atoms with E-state index in [-0.39, 0.29) is 22.9 Å². The number of hydrogen-bond acceptors (Lipinski definition) is 3. The lowest BCUT2D eigenvalue weighted by Crippen LogP contribution is -2.57. The SMILES string of the molecule is C[C@]12CC[C@@H](O)C[C@H]1CC[C@H]1[C@H]2C(=O)C[C@]2(C)C(=O)CC[C@H]12. The molecule has 0 heterocycles. The highest BCUT2D eigenvalue weighted by molar-refractivity contribution is 5.95. The predicted octanol–water partition coefficient (Wildman–Crippen LogP) is 3.14. The van der Waals surface area contributed by atoms with Crippen molar-refractivity contribution < 1.29 is 14.7 Å². The zero-order valence-corrected chi connectivity index (χ0v) is 13.8. The van der Waals surface area contributed by atoms with E-state index in [2.05, 4.69) is 13.8 Å². The summed E-state index contributed by atoms with van der Waals surface area (Å²) in [6.45, 7) is 4.36. The van der Waals surface area contributed by atoms with Crippen LogP contribution in [0.1, 0.15) is 65.2 Å². The van der Waals surface area contributed by atoms with Gasteiger partial charge in [0.25, 0.3) is 0 Å². The van der Waals surface area contributed by atoms with Crippen LogP contribution in [0.5, 0.6) is 0 Å². The van der Waals surface area contributed by atoms with Crippen molar-refractivity contribution in [3.8, 4) is 0 Å². The van der Waals surface area contributed by atoms with Crippen LogP contribution in [0, 0.1) is 34.5 Å². The average Bonchev–Trinajstić information content (AvgIpc) is 2.75. The minimum absolute atomic E-state index is 0.0617. The van der Waals surface area contributed by atoms with Gasteiger partial charge in [0.2, 0.25) is 0 Å². The summed E-state index contributed by atoms with van der Waals surface area (Å²) in [5, 5.41) is 10.0. The van der Waals surface area contributed by atoms with Gasteiger partial charge in [-0.2, -0.15) is 0 Å². The highest BCUT2D eigenvalue weighted by atomic mass is 16.3. The maximum atomic E-state index is 13.0. The van der Waals surface area contributed by atoms with Gasteiger partial charge in [-0.1, -0.05) is 13.8 Å². The Hall–Kier alpha value is -0.700. The third-order valence-corrected chi connectivity index (χ3v) is 8.04. The molecule has 4 aliphatic carbocycles. The maximum Gasteiger partial charge on any atom is 0.139 e. The molecule has 0 amide bonds. The molecule has 0 aromatic rings. The Morgan fingerprint density at radius 2 is 1.86 bits per heavy atom. The number of hydrogen-bond donors (Lipinski definition) is 1. The largest absolute Gasteiger partial charge is 0.393 e. The van der Waals surface area contributed by atoms with Gasteiger partial charge in [0, 0.05) is 24.2 Å². The van der Waals surface area contributed by atoms with E-state index in [9.17, 15) is 14.7 Å². The predicted molar refractivity (Wildman–Crippen MR) is 83.1 cm³/mol. The maximum absolute atomic E-state index is 13.0. The van der Waals surface area contributed by atoms with Gasteiger partial charge >= 0.3 is 0 Å². The Bertz CT molecular complexity index is 527. The molecule has 3 heteroatoms. The molecular formula is C19H28O3. The van der Waals surface area contributed by atoms with E-state index in [1.807, 2.05) is 0 Å². The Balaban J connectivity index is 1.71. The number of carbonyl (C=O) groups excluding carboxylic acids is 2. The Labute approximate surface area is 132 Å². The summed E-state index contributed by atoms with van der Waals surface area (Å²) in [6, 6.07) is 0. The minimum atomic E-state index is -0.365. The lowest BCUT2D eigenvalue weighted by atomic mass is 9.45. The normalized spacial score (nSPS) is 54.6. The molecule has 22 heavy (non-hydrogen) atoms. The fraction of sp³-hybridized carbons (Fsp3) is 0.895. The van der Waals surface area contributed by atoms with Crippen LogP contribution >= 0.6 is 0 Å². The fourth-order valence-electron chi connectivity index (χ4n) is 6.83. The molecule has 7 atom stereocenters. The Kier molecular flexibility index (Phi) is 3.15. The molecule has 4 saturated carbocycles. The van der Waals surface area contributed by atoms with Crippen LogP contribution in [-0.2, 0) is 9.59 Å². The standard InChI is InChI=1S/C19H28O3/c1-18-8-7-12(20)9-11(18)3-4-13-14-5-6-16(22)19(14,2)10-15(21)17(13)18/h11-14,17,20H,3-10H2,1-2H3/t11-,12-,13-,14-,17+,18+,19+/m1/s1. The van der Waals surface area contributed by atoms with Gasteiger partial charge in [0.1, 0.15) is 11.6 Å². The molecule has 0 bridgehead atoms. The number of ketones is 2. The number of rotatable bonds is 0. The van der Waals surface area contributed by atoms with Crippen LogP contribution in [0.15, 0.2) is 0 Å². The van der Waals surface area contributed by atoms with Gasteiger partial charge < -0.3 is 5.11 Å². The molecule has 0 aliphatic heterocycles. The first-order valence-corrected chi connectivity index (χ1v) is 9.10. The lowest BCUT2D eigenvalue weighted by Gasteiger charge is -2.58. The van der Waals surface area contributed by atoms with Crippen LogP contribution in [0.4, 0.5) is 0 Å². The number of Topliss-reactive ketones (excluding diaryl/α,β-unsaturated/α-hetero) is 2. The van der Waals surface area contributed by atoms with E-state index >= 15 is 0 Å². The van der Waals surface area contributed by atoms with Crippen LogP contribution in [0.2, 0.25) is 0 Å². The fourth-order valence-corrected chi connectivity index (χ4v) is 6.83. The smallest absolute Gasteiger partial charge is 0.139 e. The van der Waals surface area contributed by atoms with Crippen LogP contribution < -0.4 is 0 Å². The Morgan fingerprint density at radius 1 is 1.09 bits per heavy atom. The average molecular weight is 304 g/mol. The molecule has 0 saturated heterocycles. The van der Waals surface area contributed by atoms with Crippen molar-refractivity contribution in [2.75, 3.05) is 0 Å². The van der Waals surface area contributed by atoms with Crippen molar-refractivity contribution in [3.63, 3.8) is 0 Å². The zero-order valence-electron chi connectivity index (χ0n) is 13.8. The van der Waals surface area contributed by atoms with Crippen molar-refractivity contribution in [2.45, 2.75) is 71.3 Å². The first kappa shape index (κ1) is 14.9. The summed E-state index contributed by atoms with van der Waals surface area (Å²) in [5.74, 6) is 2.14. The Morgan fingerprint density at radius 3 is 2.64 bits per heavy atom. The van der Waals surface area contributed by atoms with E-state index in [1.165, 1.54) is 0 Å². The number of fused-ring (bicyclic) bond motifs is 5. The summed E-state index contributed by atoms with van der Waals surface area (Å²) in [7, 11) is 0. The third kappa shape index (κ3) is 1.78. The van der Waals surface area contributed by atoms with Crippen molar-refractivity contribution in [1.82, 2.24) is 0 Å². The summed E-state index contributed by atoms with van der Waals surface area (Å²) < 4.78 is 0. The molecule has 0 aromatic carbocycles. The zero-order chi connectivity index (χ0) is 15.7. The molecule has 122 valence electrons. The number of aliphatic hydroxyl groups is 1. The second-order valence-corrected chi connectivity index (χ2v) is 8.98. The molecule has 0 radical (unpaired) electrons. The van der Waals surface area contributed by atoms with Gasteiger partial charge in [-0.05, 0) is 61.7 Å². The highest BCUT2D eigenvalue weighted by Crippen LogP contribution is 2.64. The number of aliphatic hydroxyl groups excluding tert-OH is 1. The van der Waals surface area contributed by atoms with Gasteiger partial charge in [-0.15, -0.1) is 0 Å². The van der Waals surface area contributed by atoms with Gasteiger partial charge in [-0.3, -0.25) is 9.59 Å². The molecule has 3 nitrogen and oxygen atoms in total. The molecule has 0 unspecified atom stereocenters. The molecular weight excluding hydrogens is 276 g/mol. The van der Waals surface area contributed by atoms with Crippen molar-refractivity contribution >= 4 is 11.6 Å². The van der Waals surface area contributed by atoms with Gasteiger partial charge in [0.05, 0.1) is 6.10 Å². The summed E-state index contributed by atoms with van der Waals surface area (Å²) >= 11 is 0. The third-order valence-electron chi connectivity index (χ3n) is 8.04. The van der Waals surface area contributed by atoms with E-state index in [0.717, 1.165) is 38.5 Å². The number of carbonyl (C=O) groups is 2. The molecule has 4 fully saturated rings. The van der Waals surface area contributed by atoms with Crippen molar-refractivity contribution in [3.05, 3.63) is 0 Å². The topological polar surface area (TPSA) is 54.4 Å². The highest BCUT2D eigenvalue weighted by Gasteiger charge is 2.63. The van der Waals surface area contributed by atoms with Crippen molar-refractivity contribution in [1.29, 1.82) is 0 Å². The monoisotopic (exact) mass is 304 g/mol. The minimum Gasteiger partial charge on any atom is -0.393 e. The van der Waals surface area contributed by atoms with Gasteiger partial charge in [-0.25, -0.2) is 0 Å². The summed E-state index contributed by atoms with van der Waals surface area (Å²) in [6.07, 6.45) is 6.86. The van der Waals surface area contributed by atoms with E-state index in [0.29, 0.717) is 42.2 Å². The van der Waals surface area contributed by atoms with Crippen LogP contribution in [0.3, 0.4) is 0 Å². The van der Waals surface area contributed by atoms with E-state index < -0.39 is 0 Å². The second-order valence-electron chi connectivity index (χ2n) is 8.98. The molecule has 0 aromatic heterocycles.